The van der Waals surface area contributed by atoms with E-state index in [0.29, 0.717) is 24.4 Å². The zero-order valence-corrected chi connectivity index (χ0v) is 13.6. The number of carbonyl (C=O) groups excluding carboxylic acids is 1. The Bertz CT molecular complexity index is 290. The van der Waals surface area contributed by atoms with Crippen molar-refractivity contribution < 1.29 is 4.79 Å². The van der Waals surface area contributed by atoms with Crippen LogP contribution in [-0.4, -0.2) is 18.5 Å². The smallest absolute Gasteiger partial charge is 0.223 e. The molecule has 0 aromatic rings. The highest BCUT2D eigenvalue weighted by atomic mass is 35.5. The van der Waals surface area contributed by atoms with Crippen molar-refractivity contribution in [1.82, 2.24) is 5.32 Å². The third-order valence-corrected chi connectivity index (χ3v) is 5.33. The van der Waals surface area contributed by atoms with E-state index in [4.69, 9.17) is 5.73 Å². The van der Waals surface area contributed by atoms with Crippen molar-refractivity contribution in [2.75, 3.05) is 6.54 Å². The van der Waals surface area contributed by atoms with Gasteiger partial charge < -0.3 is 11.1 Å². The monoisotopic (exact) mass is 302 g/mol. The topological polar surface area (TPSA) is 55.1 Å². The molecule has 2 saturated carbocycles. The number of hydrogen-bond acceptors (Lipinski definition) is 2. The molecule has 0 aromatic carbocycles. The molecule has 0 aromatic heterocycles. The van der Waals surface area contributed by atoms with Gasteiger partial charge in [0, 0.05) is 12.0 Å². The molecule has 1 amide bonds. The minimum absolute atomic E-state index is 0. The molecule has 2 unspecified atom stereocenters. The van der Waals surface area contributed by atoms with Gasteiger partial charge in [-0.05, 0) is 56.9 Å². The van der Waals surface area contributed by atoms with Crippen LogP contribution >= 0.6 is 12.4 Å². The molecule has 2 rings (SSSR count). The van der Waals surface area contributed by atoms with Gasteiger partial charge in [0.2, 0.25) is 5.91 Å². The lowest BCUT2D eigenvalue weighted by atomic mass is 9.79. The summed E-state index contributed by atoms with van der Waals surface area (Å²) in [5, 5.41) is 3.30. The van der Waals surface area contributed by atoms with Crippen LogP contribution in [0.25, 0.3) is 0 Å². The minimum Gasteiger partial charge on any atom is -0.353 e. The second kappa shape index (κ2) is 8.89. The van der Waals surface area contributed by atoms with E-state index in [2.05, 4.69) is 12.2 Å². The number of carbonyl (C=O) groups is 1. The van der Waals surface area contributed by atoms with Crippen molar-refractivity contribution in [2.45, 2.75) is 70.8 Å². The average Bonchev–Trinajstić information content (AvgIpc) is 2.48. The first-order valence-corrected chi connectivity index (χ1v) is 8.25. The molecular formula is C16H31ClN2O. The van der Waals surface area contributed by atoms with Gasteiger partial charge in [-0.1, -0.05) is 26.2 Å². The third kappa shape index (κ3) is 4.63. The molecule has 0 aliphatic heterocycles. The molecule has 3 nitrogen and oxygen atoms in total. The van der Waals surface area contributed by atoms with Crippen molar-refractivity contribution in [3.63, 3.8) is 0 Å². The summed E-state index contributed by atoms with van der Waals surface area (Å²) in [6.07, 6.45) is 10.7. The van der Waals surface area contributed by atoms with Crippen LogP contribution in [0.5, 0.6) is 0 Å². The second-order valence-corrected chi connectivity index (χ2v) is 6.52. The number of rotatable bonds is 4. The van der Waals surface area contributed by atoms with E-state index in [1.165, 1.54) is 38.5 Å². The van der Waals surface area contributed by atoms with Crippen LogP contribution in [0.4, 0.5) is 0 Å². The lowest BCUT2D eigenvalue weighted by Gasteiger charge is -2.34. The highest BCUT2D eigenvalue weighted by molar-refractivity contribution is 5.85. The summed E-state index contributed by atoms with van der Waals surface area (Å²) in [7, 11) is 0. The largest absolute Gasteiger partial charge is 0.353 e. The van der Waals surface area contributed by atoms with E-state index in [9.17, 15) is 4.79 Å². The highest BCUT2D eigenvalue weighted by Gasteiger charge is 2.30. The highest BCUT2D eigenvalue weighted by Crippen LogP contribution is 2.31. The number of nitrogens with one attached hydrogen (secondary N) is 1. The third-order valence-electron chi connectivity index (χ3n) is 5.33. The molecule has 2 aliphatic rings. The van der Waals surface area contributed by atoms with Crippen molar-refractivity contribution in [1.29, 1.82) is 0 Å². The van der Waals surface area contributed by atoms with Gasteiger partial charge in [-0.3, -0.25) is 4.79 Å². The molecule has 118 valence electrons. The van der Waals surface area contributed by atoms with Gasteiger partial charge in [-0.2, -0.15) is 0 Å². The van der Waals surface area contributed by atoms with Gasteiger partial charge in [0.25, 0.3) is 0 Å². The summed E-state index contributed by atoms with van der Waals surface area (Å²) in [6, 6.07) is 0.343. The van der Waals surface area contributed by atoms with E-state index in [1.807, 2.05) is 0 Å². The van der Waals surface area contributed by atoms with Gasteiger partial charge >= 0.3 is 0 Å². The summed E-state index contributed by atoms with van der Waals surface area (Å²) in [6.45, 7) is 2.98. The number of hydrogen-bond donors (Lipinski definition) is 2. The van der Waals surface area contributed by atoms with Crippen LogP contribution in [0.3, 0.4) is 0 Å². The summed E-state index contributed by atoms with van der Waals surface area (Å²) >= 11 is 0. The maximum absolute atomic E-state index is 12.4. The zero-order valence-electron chi connectivity index (χ0n) is 12.8. The van der Waals surface area contributed by atoms with Crippen LogP contribution in [0.2, 0.25) is 0 Å². The van der Waals surface area contributed by atoms with Gasteiger partial charge in [-0.15, -0.1) is 12.4 Å². The fraction of sp³-hybridized carbons (Fsp3) is 0.938. The standard InChI is InChI=1S/C16H30N2O.ClH/c1-2-12-7-9-13(10-8-12)16(19)18-15-6-4-3-5-14(15)11-17;/h12-15H,2-11,17H2,1H3,(H,18,19);1H. The summed E-state index contributed by atoms with van der Waals surface area (Å²) in [5.74, 6) is 1.93. The van der Waals surface area contributed by atoms with Crippen LogP contribution in [0.1, 0.15) is 64.7 Å². The van der Waals surface area contributed by atoms with Crippen LogP contribution in [0, 0.1) is 17.8 Å². The predicted octanol–water partition coefficient (Wildman–Crippen LogP) is 3.26. The fourth-order valence-electron chi connectivity index (χ4n) is 3.81. The lowest BCUT2D eigenvalue weighted by molar-refractivity contribution is -0.127. The average molecular weight is 303 g/mol. The minimum atomic E-state index is 0. The molecule has 3 N–H and O–H groups in total. The van der Waals surface area contributed by atoms with Gasteiger partial charge in [0.15, 0.2) is 0 Å². The Balaban J connectivity index is 0.00000200. The van der Waals surface area contributed by atoms with E-state index in [0.717, 1.165) is 25.2 Å². The Morgan fingerprint density at radius 1 is 1.10 bits per heavy atom. The normalized spacial score (nSPS) is 34.1. The maximum Gasteiger partial charge on any atom is 0.223 e. The van der Waals surface area contributed by atoms with E-state index in [-0.39, 0.29) is 18.3 Å². The molecule has 0 heterocycles. The Morgan fingerprint density at radius 3 is 2.35 bits per heavy atom. The van der Waals surface area contributed by atoms with Crippen LogP contribution in [-0.2, 0) is 4.79 Å². The number of amides is 1. The lowest BCUT2D eigenvalue weighted by Crippen LogP contribution is -2.47. The molecular weight excluding hydrogens is 272 g/mol. The fourth-order valence-corrected chi connectivity index (χ4v) is 3.81. The summed E-state index contributed by atoms with van der Waals surface area (Å²) < 4.78 is 0. The number of halogens is 1. The van der Waals surface area contributed by atoms with Crippen molar-refractivity contribution in [2.24, 2.45) is 23.5 Å². The Morgan fingerprint density at radius 2 is 1.75 bits per heavy atom. The molecule has 20 heavy (non-hydrogen) atoms. The molecule has 0 spiro atoms. The Kier molecular flexibility index (Phi) is 7.90. The molecule has 2 aliphatic carbocycles. The summed E-state index contributed by atoms with van der Waals surface area (Å²) in [4.78, 5) is 12.4. The van der Waals surface area contributed by atoms with Crippen LogP contribution in [0.15, 0.2) is 0 Å². The number of nitrogens with two attached hydrogens (primary N) is 1. The first-order chi connectivity index (χ1) is 9.24. The first-order valence-electron chi connectivity index (χ1n) is 8.25. The molecule has 4 heteroatoms. The van der Waals surface area contributed by atoms with E-state index in [1.54, 1.807) is 0 Å². The van der Waals surface area contributed by atoms with Gasteiger partial charge in [-0.25, -0.2) is 0 Å². The molecule has 2 fully saturated rings. The zero-order chi connectivity index (χ0) is 13.7. The maximum atomic E-state index is 12.4. The molecule has 0 radical (unpaired) electrons. The van der Waals surface area contributed by atoms with Crippen molar-refractivity contribution in [3.8, 4) is 0 Å². The van der Waals surface area contributed by atoms with E-state index < -0.39 is 0 Å². The first kappa shape index (κ1) is 17.8. The van der Waals surface area contributed by atoms with Gasteiger partial charge in [0.05, 0.1) is 0 Å². The quantitative estimate of drug-likeness (QED) is 0.837. The summed E-state index contributed by atoms with van der Waals surface area (Å²) in [5.41, 5.74) is 5.83. The van der Waals surface area contributed by atoms with Gasteiger partial charge in [0.1, 0.15) is 0 Å². The Hall–Kier alpha value is -0.280. The second-order valence-electron chi connectivity index (χ2n) is 6.52. The SMILES string of the molecule is CCC1CCC(C(=O)NC2CCCCC2CN)CC1.Cl. The Labute approximate surface area is 129 Å². The van der Waals surface area contributed by atoms with Crippen molar-refractivity contribution in [3.05, 3.63) is 0 Å². The van der Waals surface area contributed by atoms with Crippen LogP contribution < -0.4 is 11.1 Å². The van der Waals surface area contributed by atoms with Crippen molar-refractivity contribution >= 4 is 18.3 Å². The molecule has 0 saturated heterocycles. The predicted molar refractivity (Wildman–Crippen MR) is 85.9 cm³/mol. The van der Waals surface area contributed by atoms with E-state index >= 15 is 0 Å². The molecule has 2 atom stereocenters. The molecule has 0 bridgehead atoms.